The minimum atomic E-state index is -0.287. The van der Waals surface area contributed by atoms with Gasteiger partial charge in [-0.05, 0) is 75.4 Å². The van der Waals surface area contributed by atoms with Gasteiger partial charge in [-0.25, -0.2) is 14.4 Å². The molecule has 7 heteroatoms. The number of aromatic nitrogens is 2. The molecule has 2 aromatic heterocycles. The number of halogens is 2. The van der Waals surface area contributed by atoms with Crippen LogP contribution in [0.5, 0.6) is 0 Å². The van der Waals surface area contributed by atoms with Crippen LogP contribution in [0.2, 0.25) is 0 Å². The molecule has 1 aliphatic rings. The fourth-order valence-electron chi connectivity index (χ4n) is 4.22. The third-order valence-electron chi connectivity index (χ3n) is 5.91. The summed E-state index contributed by atoms with van der Waals surface area (Å²) in [5, 5.41) is 4.17. The molecule has 0 aliphatic carbocycles. The summed E-state index contributed by atoms with van der Waals surface area (Å²) in [6, 6.07) is 8.70. The average Bonchev–Trinajstić information content (AvgIpc) is 2.75. The van der Waals surface area contributed by atoms with E-state index >= 15 is 0 Å². The smallest absolute Gasteiger partial charge is 0.257 e. The Morgan fingerprint density at radius 3 is 2.77 bits per heavy atom. The number of nitrogens with zero attached hydrogens (tertiary/aromatic N) is 3. The van der Waals surface area contributed by atoms with Gasteiger partial charge < -0.3 is 10.2 Å². The van der Waals surface area contributed by atoms with Crippen molar-refractivity contribution in [2.75, 3.05) is 11.9 Å². The van der Waals surface area contributed by atoms with Crippen LogP contribution in [0.3, 0.4) is 0 Å². The monoisotopic (exact) mass is 442 g/mol. The van der Waals surface area contributed by atoms with E-state index in [-0.39, 0.29) is 30.2 Å². The van der Waals surface area contributed by atoms with E-state index < -0.39 is 0 Å². The second kappa shape index (κ2) is 9.60. The van der Waals surface area contributed by atoms with Crippen molar-refractivity contribution in [1.29, 1.82) is 0 Å². The average molecular weight is 443 g/mol. The molecule has 0 radical (unpaired) electrons. The maximum absolute atomic E-state index is 13.6. The van der Waals surface area contributed by atoms with Gasteiger partial charge in [-0.15, -0.1) is 12.4 Å². The predicted octanol–water partition coefficient (Wildman–Crippen LogP) is 5.96. The van der Waals surface area contributed by atoms with Gasteiger partial charge in [0.05, 0.1) is 11.3 Å². The molecular weight excluding hydrogens is 415 g/mol. The molecule has 3 aromatic rings. The lowest BCUT2D eigenvalue weighted by molar-refractivity contribution is 0.0609. The summed E-state index contributed by atoms with van der Waals surface area (Å²) < 4.78 is 13.6. The Labute approximate surface area is 188 Å². The number of amides is 1. The molecule has 5 nitrogen and oxygen atoms in total. The Hall–Kier alpha value is -2.73. The number of hydrogen-bond acceptors (Lipinski definition) is 4. The highest BCUT2D eigenvalue weighted by atomic mass is 35.5. The van der Waals surface area contributed by atoms with E-state index in [0.29, 0.717) is 16.9 Å². The molecule has 4 rings (SSSR count). The quantitative estimate of drug-likeness (QED) is 0.541. The van der Waals surface area contributed by atoms with Crippen molar-refractivity contribution < 1.29 is 9.18 Å². The molecule has 1 aliphatic heterocycles. The molecule has 1 fully saturated rings. The van der Waals surface area contributed by atoms with Gasteiger partial charge in [0, 0.05) is 35.6 Å². The van der Waals surface area contributed by atoms with Crippen molar-refractivity contribution >= 4 is 40.7 Å². The molecule has 1 atom stereocenters. The summed E-state index contributed by atoms with van der Waals surface area (Å²) in [6.45, 7) is 6.65. The van der Waals surface area contributed by atoms with Crippen molar-refractivity contribution in [3.8, 4) is 0 Å². The van der Waals surface area contributed by atoms with Gasteiger partial charge in [-0.1, -0.05) is 6.92 Å². The normalized spacial score (nSPS) is 16.1. The number of carbonyl (C=O) groups is 1. The van der Waals surface area contributed by atoms with Gasteiger partial charge in [-0.3, -0.25) is 4.79 Å². The molecule has 0 bridgehead atoms. The van der Waals surface area contributed by atoms with E-state index in [1.807, 2.05) is 30.9 Å². The van der Waals surface area contributed by atoms with E-state index in [1.165, 1.54) is 12.1 Å². The molecule has 0 saturated carbocycles. The van der Waals surface area contributed by atoms with Crippen LogP contribution in [-0.2, 0) is 0 Å². The lowest BCUT2D eigenvalue weighted by Crippen LogP contribution is -2.43. The summed E-state index contributed by atoms with van der Waals surface area (Å²) in [5.41, 5.74) is 4.16. The first-order valence-electron chi connectivity index (χ1n) is 10.6. The Morgan fingerprint density at radius 2 is 2.03 bits per heavy atom. The Bertz CT molecular complexity index is 1100. The first-order valence-corrected chi connectivity index (χ1v) is 10.6. The van der Waals surface area contributed by atoms with Crippen LogP contribution in [0.25, 0.3) is 11.0 Å². The molecule has 0 spiro atoms. The summed E-state index contributed by atoms with van der Waals surface area (Å²) in [6.07, 6.45) is 5.77. The highest BCUT2D eigenvalue weighted by molar-refractivity contribution is 6.07. The van der Waals surface area contributed by atoms with Crippen LogP contribution >= 0.6 is 12.4 Å². The number of benzene rings is 1. The molecule has 1 saturated heterocycles. The number of rotatable bonds is 4. The number of piperidine rings is 1. The first kappa shape index (κ1) is 22.9. The van der Waals surface area contributed by atoms with E-state index in [4.69, 9.17) is 0 Å². The highest BCUT2D eigenvalue weighted by Gasteiger charge is 2.29. The van der Waals surface area contributed by atoms with Crippen LogP contribution in [0.15, 0.2) is 36.5 Å². The van der Waals surface area contributed by atoms with E-state index in [2.05, 4.69) is 22.2 Å². The summed E-state index contributed by atoms with van der Waals surface area (Å²) >= 11 is 0. The van der Waals surface area contributed by atoms with Crippen molar-refractivity contribution in [2.45, 2.75) is 52.5 Å². The summed E-state index contributed by atoms with van der Waals surface area (Å²) in [7, 11) is 0. The Kier molecular flexibility index (Phi) is 7.11. The number of nitrogens with one attached hydrogen (secondary N) is 1. The number of aryl methyl sites for hydroxylation is 2. The Balaban J connectivity index is 0.00000272. The zero-order chi connectivity index (χ0) is 21.3. The van der Waals surface area contributed by atoms with Crippen molar-refractivity contribution in [3.63, 3.8) is 0 Å². The van der Waals surface area contributed by atoms with Gasteiger partial charge in [0.15, 0.2) is 5.65 Å². The summed E-state index contributed by atoms with van der Waals surface area (Å²) in [4.78, 5) is 24.6. The molecule has 1 unspecified atom stereocenters. The van der Waals surface area contributed by atoms with Crippen LogP contribution in [0, 0.1) is 19.7 Å². The molecule has 1 N–H and O–H groups in total. The van der Waals surface area contributed by atoms with Gasteiger partial charge in [-0.2, -0.15) is 0 Å². The zero-order valence-corrected chi connectivity index (χ0v) is 18.9. The van der Waals surface area contributed by atoms with E-state index in [1.54, 1.807) is 12.3 Å². The van der Waals surface area contributed by atoms with Crippen LogP contribution in [0.1, 0.15) is 54.2 Å². The largest absolute Gasteiger partial charge is 0.354 e. The maximum atomic E-state index is 13.6. The number of hydrogen-bond donors (Lipinski definition) is 1. The minimum Gasteiger partial charge on any atom is -0.354 e. The fraction of sp³-hybridized carbons (Fsp3) is 0.375. The van der Waals surface area contributed by atoms with Crippen molar-refractivity contribution in [1.82, 2.24) is 14.9 Å². The zero-order valence-electron chi connectivity index (χ0n) is 18.1. The van der Waals surface area contributed by atoms with Gasteiger partial charge in [0.2, 0.25) is 0 Å². The Morgan fingerprint density at radius 1 is 1.23 bits per heavy atom. The lowest BCUT2D eigenvalue weighted by atomic mass is 9.98. The second-order valence-corrected chi connectivity index (χ2v) is 8.01. The second-order valence-electron chi connectivity index (χ2n) is 8.01. The first-order chi connectivity index (χ1) is 14.5. The van der Waals surface area contributed by atoms with Gasteiger partial charge in [0.25, 0.3) is 5.91 Å². The van der Waals surface area contributed by atoms with Crippen molar-refractivity contribution in [2.24, 2.45) is 0 Å². The number of likely N-dealkylation sites (tertiary alicyclic amines) is 1. The van der Waals surface area contributed by atoms with Gasteiger partial charge in [0.1, 0.15) is 5.82 Å². The molecule has 1 aromatic carbocycles. The van der Waals surface area contributed by atoms with Crippen LogP contribution < -0.4 is 5.32 Å². The maximum Gasteiger partial charge on any atom is 0.257 e. The van der Waals surface area contributed by atoms with Crippen LogP contribution in [-0.4, -0.2) is 33.4 Å². The third kappa shape index (κ3) is 4.64. The van der Waals surface area contributed by atoms with E-state index in [0.717, 1.165) is 54.6 Å². The number of anilines is 2. The number of pyridine rings is 2. The summed E-state index contributed by atoms with van der Waals surface area (Å²) in [5.74, 6) is -0.302. The molecule has 31 heavy (non-hydrogen) atoms. The molecule has 164 valence electrons. The van der Waals surface area contributed by atoms with Gasteiger partial charge >= 0.3 is 0 Å². The standard InChI is InChI=1S/C24H27FN4O.ClH/c1-4-18-7-5-6-12-29(18)24(30)20-14-26-23-19(10-8-16(3)27-23)22(20)28-21-11-9-17(25)13-15(21)2;/h8-11,13-14,18H,4-7,12H2,1-3H3,(H,26,27,28);1H. The molecule has 1 amide bonds. The topological polar surface area (TPSA) is 58.1 Å². The SMILES string of the molecule is CCC1CCCCN1C(=O)c1cnc2nc(C)ccc2c1Nc1ccc(F)cc1C.Cl. The number of fused-ring (bicyclic) bond motifs is 1. The minimum absolute atomic E-state index is 0. The fourth-order valence-corrected chi connectivity index (χ4v) is 4.22. The van der Waals surface area contributed by atoms with Crippen LogP contribution in [0.4, 0.5) is 15.8 Å². The van der Waals surface area contributed by atoms with Crippen molar-refractivity contribution in [3.05, 3.63) is 59.2 Å². The molecule has 3 heterocycles. The lowest BCUT2D eigenvalue weighted by Gasteiger charge is -2.35. The highest BCUT2D eigenvalue weighted by Crippen LogP contribution is 2.32. The van der Waals surface area contributed by atoms with E-state index in [9.17, 15) is 9.18 Å². The predicted molar refractivity (Wildman–Crippen MR) is 125 cm³/mol. The number of carbonyl (C=O) groups excluding carboxylic acids is 1. The third-order valence-corrected chi connectivity index (χ3v) is 5.91. The molecular formula is C24H28ClFN4O.